The molecule has 2 rings (SSSR count). The first-order valence-electron chi connectivity index (χ1n) is 12.6. The molecule has 0 spiro atoms. The number of rotatable bonds is 20. The highest BCUT2D eigenvalue weighted by molar-refractivity contribution is 8.00. The van der Waals surface area contributed by atoms with Crippen molar-refractivity contribution in [2.75, 3.05) is 58.9 Å². The van der Waals surface area contributed by atoms with Gasteiger partial charge in [0.05, 0.1) is 38.5 Å². The van der Waals surface area contributed by atoms with Crippen LogP contribution in [0.5, 0.6) is 0 Å². The summed E-state index contributed by atoms with van der Waals surface area (Å²) in [6, 6.07) is 0.429. The minimum atomic E-state index is -0.0563. The second-order valence-electron chi connectivity index (χ2n) is 8.71. The van der Waals surface area contributed by atoms with Crippen LogP contribution in [0.4, 0.5) is 4.79 Å². The second-order valence-corrected chi connectivity index (χ2v) is 9.98. The summed E-state index contributed by atoms with van der Waals surface area (Å²) in [6.07, 6.45) is 7.00. The van der Waals surface area contributed by atoms with Crippen molar-refractivity contribution in [1.82, 2.24) is 26.6 Å². The molecule has 2 saturated heterocycles. The van der Waals surface area contributed by atoms with Gasteiger partial charge >= 0.3 is 6.03 Å². The van der Waals surface area contributed by atoms with Gasteiger partial charge in [0.15, 0.2) is 0 Å². The summed E-state index contributed by atoms with van der Waals surface area (Å²) in [5.41, 5.74) is 0. The molecule has 34 heavy (non-hydrogen) atoms. The van der Waals surface area contributed by atoms with Crippen molar-refractivity contribution in [3.8, 4) is 0 Å². The van der Waals surface area contributed by atoms with Gasteiger partial charge in [-0.2, -0.15) is 11.8 Å². The smallest absolute Gasteiger partial charge is 0.315 e. The number of carbonyl (C=O) groups is 3. The van der Waals surface area contributed by atoms with E-state index in [9.17, 15) is 14.4 Å². The zero-order valence-corrected chi connectivity index (χ0v) is 21.3. The van der Waals surface area contributed by atoms with E-state index in [1.54, 1.807) is 0 Å². The number of carbonyl (C=O) groups excluding carboxylic acids is 3. The van der Waals surface area contributed by atoms with Crippen LogP contribution in [-0.4, -0.2) is 94.0 Å². The highest BCUT2D eigenvalue weighted by Crippen LogP contribution is 2.33. The number of fused-ring (bicyclic) bond motifs is 1. The molecule has 0 saturated carbocycles. The largest absolute Gasteiger partial charge is 0.377 e. The SMILES string of the molecule is CNCCCCCC(=O)NCCOCCOCCNC(=O)CCCC[C@@H]1SC[C@@H]2NC(=O)N[C@@H]21. The first kappa shape index (κ1) is 28.7. The third-order valence-electron chi connectivity index (χ3n) is 5.92. The van der Waals surface area contributed by atoms with Gasteiger partial charge < -0.3 is 36.1 Å². The van der Waals surface area contributed by atoms with E-state index in [1.165, 1.54) is 0 Å². The number of nitrogens with one attached hydrogen (secondary N) is 5. The molecule has 2 aliphatic rings. The lowest BCUT2D eigenvalue weighted by molar-refractivity contribution is -0.122. The highest BCUT2D eigenvalue weighted by Gasteiger charge is 2.42. The first-order valence-corrected chi connectivity index (χ1v) is 13.7. The monoisotopic (exact) mass is 501 g/mol. The van der Waals surface area contributed by atoms with E-state index in [4.69, 9.17) is 9.47 Å². The first-order chi connectivity index (χ1) is 16.6. The Balaban J connectivity index is 1.30. The van der Waals surface area contributed by atoms with Crippen LogP contribution in [0.25, 0.3) is 0 Å². The average molecular weight is 502 g/mol. The number of hydrogen-bond acceptors (Lipinski definition) is 7. The molecular weight excluding hydrogens is 458 g/mol. The minimum Gasteiger partial charge on any atom is -0.377 e. The Labute approximate surface area is 207 Å². The lowest BCUT2D eigenvalue weighted by Crippen LogP contribution is -2.36. The second kappa shape index (κ2) is 17.8. The van der Waals surface area contributed by atoms with Crippen molar-refractivity contribution in [2.24, 2.45) is 0 Å². The van der Waals surface area contributed by atoms with Crippen LogP contribution < -0.4 is 26.6 Å². The summed E-state index contributed by atoms with van der Waals surface area (Å²) >= 11 is 1.90. The molecule has 0 radical (unpaired) electrons. The molecular formula is C23H43N5O5S. The maximum absolute atomic E-state index is 11.9. The molecule has 3 atom stereocenters. The highest BCUT2D eigenvalue weighted by atomic mass is 32.2. The van der Waals surface area contributed by atoms with E-state index in [-0.39, 0.29) is 29.9 Å². The summed E-state index contributed by atoms with van der Waals surface area (Å²) in [5.74, 6) is 1.09. The number of amides is 4. The molecule has 2 fully saturated rings. The fraction of sp³-hybridized carbons (Fsp3) is 0.870. The van der Waals surface area contributed by atoms with Crippen LogP contribution in [0.2, 0.25) is 0 Å². The Bertz CT molecular complexity index is 612. The molecule has 11 heteroatoms. The van der Waals surface area contributed by atoms with Gasteiger partial charge in [-0.05, 0) is 39.3 Å². The van der Waals surface area contributed by atoms with Crippen molar-refractivity contribution in [2.45, 2.75) is 68.7 Å². The van der Waals surface area contributed by atoms with E-state index in [0.717, 1.165) is 50.8 Å². The molecule has 0 unspecified atom stereocenters. The van der Waals surface area contributed by atoms with Crippen LogP contribution in [0.1, 0.15) is 51.4 Å². The maximum atomic E-state index is 11.9. The number of ether oxygens (including phenoxy) is 2. The van der Waals surface area contributed by atoms with Gasteiger partial charge in [-0.3, -0.25) is 9.59 Å². The predicted molar refractivity (Wildman–Crippen MR) is 134 cm³/mol. The molecule has 0 aliphatic carbocycles. The Morgan fingerprint density at radius 3 is 2.18 bits per heavy atom. The average Bonchev–Trinajstić information content (AvgIpc) is 3.37. The van der Waals surface area contributed by atoms with Gasteiger partial charge in [0, 0.05) is 36.9 Å². The molecule has 2 heterocycles. The van der Waals surface area contributed by atoms with Crippen molar-refractivity contribution in [3.05, 3.63) is 0 Å². The number of urea groups is 1. The van der Waals surface area contributed by atoms with Crippen molar-refractivity contribution >= 4 is 29.6 Å². The number of hydrogen-bond donors (Lipinski definition) is 5. The fourth-order valence-corrected chi connectivity index (χ4v) is 5.61. The summed E-state index contributed by atoms with van der Waals surface area (Å²) in [4.78, 5) is 35.0. The molecule has 10 nitrogen and oxygen atoms in total. The topological polar surface area (TPSA) is 130 Å². The van der Waals surface area contributed by atoms with E-state index in [2.05, 4.69) is 26.6 Å². The van der Waals surface area contributed by atoms with Gasteiger partial charge in [0.1, 0.15) is 0 Å². The van der Waals surface area contributed by atoms with Crippen LogP contribution in [0.3, 0.4) is 0 Å². The van der Waals surface area contributed by atoms with Gasteiger partial charge in [0.25, 0.3) is 0 Å². The molecule has 0 bridgehead atoms. The Morgan fingerprint density at radius 2 is 1.53 bits per heavy atom. The van der Waals surface area contributed by atoms with E-state index >= 15 is 0 Å². The molecule has 196 valence electrons. The van der Waals surface area contributed by atoms with Crippen LogP contribution in [0, 0.1) is 0 Å². The summed E-state index contributed by atoms with van der Waals surface area (Å²) < 4.78 is 10.9. The van der Waals surface area contributed by atoms with E-state index in [0.29, 0.717) is 57.6 Å². The lowest BCUT2D eigenvalue weighted by atomic mass is 10.0. The van der Waals surface area contributed by atoms with Gasteiger partial charge in [-0.25, -0.2) is 4.79 Å². The Kier molecular flexibility index (Phi) is 15.0. The standard InChI is InChI=1S/C23H43N5O5S/c1-24-10-6-2-3-8-20(29)25-11-13-32-15-16-33-14-12-26-21(30)9-5-4-7-19-22-18(17-34-19)27-23(31)28-22/h18-19,22,24H,2-17H2,1H3,(H,25,29)(H,26,30)(H2,27,28,31)/t18-,19-,22-/m0/s1. The summed E-state index contributed by atoms with van der Waals surface area (Å²) in [6.45, 7) is 3.84. The molecule has 4 amide bonds. The van der Waals surface area contributed by atoms with Crippen molar-refractivity contribution in [1.29, 1.82) is 0 Å². The maximum Gasteiger partial charge on any atom is 0.315 e. The Morgan fingerprint density at radius 1 is 0.882 bits per heavy atom. The fourth-order valence-electron chi connectivity index (χ4n) is 4.06. The number of thioether (sulfide) groups is 1. The van der Waals surface area contributed by atoms with Crippen molar-refractivity contribution < 1.29 is 23.9 Å². The Hall–Kier alpha value is -1.56. The van der Waals surface area contributed by atoms with E-state index < -0.39 is 0 Å². The van der Waals surface area contributed by atoms with Crippen LogP contribution in [-0.2, 0) is 19.1 Å². The zero-order chi connectivity index (χ0) is 24.4. The van der Waals surface area contributed by atoms with Gasteiger partial charge in [0.2, 0.25) is 11.8 Å². The quantitative estimate of drug-likeness (QED) is 0.123. The molecule has 0 aromatic carbocycles. The minimum absolute atomic E-state index is 0.0467. The summed E-state index contributed by atoms with van der Waals surface area (Å²) in [5, 5.41) is 15.2. The normalized spacial score (nSPS) is 21.1. The lowest BCUT2D eigenvalue weighted by Gasteiger charge is -2.16. The molecule has 2 aliphatic heterocycles. The number of unbranched alkanes of at least 4 members (excludes halogenated alkanes) is 3. The third-order valence-corrected chi connectivity index (χ3v) is 7.43. The van der Waals surface area contributed by atoms with Gasteiger partial charge in [-0.1, -0.05) is 12.8 Å². The third kappa shape index (κ3) is 12.2. The van der Waals surface area contributed by atoms with Crippen LogP contribution in [0.15, 0.2) is 0 Å². The summed E-state index contributed by atoms with van der Waals surface area (Å²) in [7, 11) is 1.93. The van der Waals surface area contributed by atoms with Crippen molar-refractivity contribution in [3.63, 3.8) is 0 Å². The predicted octanol–water partition coefficient (Wildman–Crippen LogP) is 0.758. The molecule has 0 aromatic rings. The van der Waals surface area contributed by atoms with Crippen LogP contribution >= 0.6 is 11.8 Å². The molecule has 5 N–H and O–H groups in total. The molecule has 0 aromatic heterocycles. The van der Waals surface area contributed by atoms with Gasteiger partial charge in [-0.15, -0.1) is 0 Å². The zero-order valence-electron chi connectivity index (χ0n) is 20.5. The van der Waals surface area contributed by atoms with E-state index in [1.807, 2.05) is 18.8 Å².